The fourth-order valence-corrected chi connectivity index (χ4v) is 3.53. The molecule has 2 aromatic carbocycles. The maximum atomic E-state index is 12.2. The van der Waals surface area contributed by atoms with Gasteiger partial charge in [0.25, 0.3) is 5.91 Å². The van der Waals surface area contributed by atoms with Crippen molar-refractivity contribution in [2.45, 2.75) is 26.6 Å². The van der Waals surface area contributed by atoms with Crippen LogP contribution in [0.4, 0.5) is 26.3 Å². The maximum Gasteiger partial charge on any atom is 0.573 e. The molecule has 0 spiro atoms. The summed E-state index contributed by atoms with van der Waals surface area (Å²) in [5.41, 5.74) is 10.9. The van der Waals surface area contributed by atoms with Crippen molar-refractivity contribution in [1.29, 1.82) is 0 Å². The predicted molar refractivity (Wildman–Crippen MR) is 123 cm³/mol. The Morgan fingerprint density at radius 2 is 1.19 bits per heavy atom. The monoisotopic (exact) mass is 651 g/mol. The summed E-state index contributed by atoms with van der Waals surface area (Å²) < 4.78 is 84.9. The Bertz CT molecular complexity index is 1170. The number of hydrogen-bond donors (Lipinski definition) is 2. The lowest BCUT2D eigenvalue weighted by atomic mass is 10.1. The van der Waals surface area contributed by atoms with Crippen molar-refractivity contribution in [2.24, 2.45) is 16.5 Å². The molecule has 4 N–H and O–H groups in total. The second-order valence-electron chi connectivity index (χ2n) is 6.62. The highest BCUT2D eigenvalue weighted by molar-refractivity contribution is 9.10. The number of carbonyl (C=O) groups is 2. The number of hydrogen-bond acceptors (Lipinski definition) is 5. The van der Waals surface area contributed by atoms with Gasteiger partial charge in [0.15, 0.2) is 5.96 Å². The van der Waals surface area contributed by atoms with Crippen molar-refractivity contribution in [3.05, 3.63) is 55.5 Å². The van der Waals surface area contributed by atoms with Gasteiger partial charge in [0.2, 0.25) is 0 Å². The summed E-state index contributed by atoms with van der Waals surface area (Å²) in [7, 11) is 1.15. The third-order valence-electron chi connectivity index (χ3n) is 3.88. The van der Waals surface area contributed by atoms with Gasteiger partial charge in [-0.2, -0.15) is 4.99 Å². The van der Waals surface area contributed by atoms with Crippen LogP contribution in [-0.4, -0.2) is 37.7 Å². The topological polar surface area (TPSA) is 126 Å². The first-order valence-electron chi connectivity index (χ1n) is 9.18. The summed E-state index contributed by atoms with van der Waals surface area (Å²) in [5.74, 6) is -3.08. The van der Waals surface area contributed by atoms with Gasteiger partial charge in [0, 0.05) is 5.56 Å². The number of alkyl halides is 6. The van der Waals surface area contributed by atoms with Gasteiger partial charge in [-0.05, 0) is 81.1 Å². The molecule has 0 fully saturated rings. The molecule has 0 heterocycles. The zero-order chi connectivity index (χ0) is 28.0. The van der Waals surface area contributed by atoms with Crippen LogP contribution in [0.25, 0.3) is 0 Å². The second-order valence-corrected chi connectivity index (χ2v) is 8.33. The zero-order valence-corrected chi connectivity index (χ0v) is 21.6. The number of rotatable bonds is 4. The number of amides is 1. The molecule has 2 aromatic rings. The Morgan fingerprint density at radius 3 is 1.56 bits per heavy atom. The summed E-state index contributed by atoms with van der Waals surface area (Å²) in [5, 5.41) is 0. The number of carbonyl (C=O) groups excluding carboxylic acids is 2. The number of benzene rings is 2. The van der Waals surface area contributed by atoms with Crippen LogP contribution < -0.4 is 20.9 Å². The number of halogens is 8. The smallest absolute Gasteiger partial charge is 0.465 e. The SMILES string of the molecule is COC(=O)c1cc(OC(F)(F)F)c(Br)cc1C.Cc1cc(Br)c(OC(F)(F)F)cc1C(=O)N=C(N)N. The molecule has 0 aliphatic heterocycles. The van der Waals surface area contributed by atoms with Gasteiger partial charge >= 0.3 is 18.7 Å². The largest absolute Gasteiger partial charge is 0.573 e. The van der Waals surface area contributed by atoms with E-state index < -0.39 is 42.1 Å². The summed E-state index contributed by atoms with van der Waals surface area (Å²) in [4.78, 5) is 26.2. The summed E-state index contributed by atoms with van der Waals surface area (Å²) >= 11 is 5.84. The molecule has 0 aliphatic carbocycles. The van der Waals surface area contributed by atoms with E-state index in [0.29, 0.717) is 11.1 Å². The molecule has 2 rings (SSSR count). The van der Waals surface area contributed by atoms with Gasteiger partial charge in [-0.15, -0.1) is 26.3 Å². The first-order chi connectivity index (χ1) is 16.3. The van der Waals surface area contributed by atoms with Crippen LogP contribution in [-0.2, 0) is 4.74 Å². The number of nitrogens with two attached hydrogens (primary N) is 2. The van der Waals surface area contributed by atoms with Gasteiger partial charge in [-0.1, -0.05) is 0 Å². The molecule has 0 radical (unpaired) electrons. The number of methoxy groups -OCH3 is 1. The van der Waals surface area contributed by atoms with Crippen molar-refractivity contribution in [1.82, 2.24) is 0 Å². The number of ether oxygens (including phenoxy) is 3. The Balaban J connectivity index is 0.000000362. The molecule has 0 aliphatic rings. The molecule has 198 valence electrons. The van der Waals surface area contributed by atoms with E-state index in [-0.39, 0.29) is 20.1 Å². The van der Waals surface area contributed by atoms with Crippen molar-refractivity contribution in [3.8, 4) is 11.5 Å². The maximum absolute atomic E-state index is 12.2. The molecule has 0 unspecified atom stereocenters. The lowest BCUT2D eigenvalue weighted by molar-refractivity contribution is -0.276. The number of nitrogens with zero attached hydrogens (tertiary/aromatic N) is 1. The summed E-state index contributed by atoms with van der Waals surface area (Å²) in [6, 6.07) is 4.56. The third kappa shape index (κ3) is 9.93. The molecule has 16 heteroatoms. The Labute approximate surface area is 216 Å². The molecule has 36 heavy (non-hydrogen) atoms. The second kappa shape index (κ2) is 12.3. The van der Waals surface area contributed by atoms with Crippen LogP contribution >= 0.6 is 31.9 Å². The van der Waals surface area contributed by atoms with Crippen LogP contribution in [0.1, 0.15) is 31.8 Å². The lowest BCUT2D eigenvalue weighted by Gasteiger charge is -2.13. The molecule has 0 atom stereocenters. The zero-order valence-electron chi connectivity index (χ0n) is 18.5. The van der Waals surface area contributed by atoms with Gasteiger partial charge in [-0.25, -0.2) is 4.79 Å². The Hall–Kier alpha value is -3.01. The van der Waals surface area contributed by atoms with Gasteiger partial charge in [-0.3, -0.25) is 4.79 Å². The summed E-state index contributed by atoms with van der Waals surface area (Å²) in [6.45, 7) is 3.10. The van der Waals surface area contributed by atoms with Crippen LogP contribution in [0.3, 0.4) is 0 Å². The van der Waals surface area contributed by atoms with Crippen LogP contribution in [0.15, 0.2) is 38.2 Å². The first kappa shape index (κ1) is 31.0. The van der Waals surface area contributed by atoms with Crippen molar-refractivity contribution in [3.63, 3.8) is 0 Å². The highest BCUT2D eigenvalue weighted by Gasteiger charge is 2.33. The molecule has 8 nitrogen and oxygen atoms in total. The standard InChI is InChI=1S/C10H9BrF3N3O2.C10H8BrF3O3/c1-4-2-6(11)7(19-10(12,13)14)3-5(4)8(18)17-9(15)16;1-5-3-7(11)8(17-10(12,13)14)4-6(5)9(15)16-2/h2-3H,1H3,(H4,15,16,17,18);3-4H,1-2H3. The molecule has 0 saturated carbocycles. The third-order valence-corrected chi connectivity index (χ3v) is 5.11. The number of guanidine groups is 1. The molecular weight excluding hydrogens is 636 g/mol. The van der Waals surface area contributed by atoms with Gasteiger partial charge in [0.1, 0.15) is 11.5 Å². The van der Waals surface area contributed by atoms with Crippen LogP contribution in [0.5, 0.6) is 11.5 Å². The normalized spacial score (nSPS) is 11.1. The molecule has 0 saturated heterocycles. The van der Waals surface area contributed by atoms with Crippen molar-refractivity contribution >= 4 is 49.7 Å². The number of aliphatic imine (C=N–C) groups is 1. The minimum Gasteiger partial charge on any atom is -0.465 e. The lowest BCUT2D eigenvalue weighted by Crippen LogP contribution is -2.24. The number of aryl methyl sites for hydroxylation is 2. The van der Waals surface area contributed by atoms with E-state index in [1.54, 1.807) is 6.92 Å². The minimum atomic E-state index is -4.87. The van der Waals surface area contributed by atoms with Crippen LogP contribution in [0.2, 0.25) is 0 Å². The van der Waals surface area contributed by atoms with Gasteiger partial charge < -0.3 is 25.7 Å². The van der Waals surface area contributed by atoms with Crippen molar-refractivity contribution in [2.75, 3.05) is 7.11 Å². The highest BCUT2D eigenvalue weighted by atomic mass is 79.9. The van der Waals surface area contributed by atoms with Gasteiger partial charge in [0.05, 0.1) is 21.6 Å². The highest BCUT2D eigenvalue weighted by Crippen LogP contribution is 2.34. The van der Waals surface area contributed by atoms with E-state index >= 15 is 0 Å². The van der Waals surface area contributed by atoms with Crippen LogP contribution in [0, 0.1) is 13.8 Å². The quantitative estimate of drug-likeness (QED) is 0.193. The van der Waals surface area contributed by atoms with E-state index in [9.17, 15) is 35.9 Å². The Kier molecular flexibility index (Phi) is 10.6. The Morgan fingerprint density at radius 1 is 0.806 bits per heavy atom. The minimum absolute atomic E-state index is 0.0231. The van der Waals surface area contributed by atoms with E-state index in [0.717, 1.165) is 19.2 Å². The average molecular weight is 653 g/mol. The predicted octanol–water partition coefficient (Wildman–Crippen LogP) is 5.51. The van der Waals surface area contributed by atoms with E-state index in [1.165, 1.54) is 19.1 Å². The van der Waals surface area contributed by atoms with E-state index in [1.807, 2.05) is 0 Å². The summed E-state index contributed by atoms with van der Waals surface area (Å²) in [6.07, 6.45) is -9.68. The molecule has 1 amide bonds. The van der Waals surface area contributed by atoms with Crippen molar-refractivity contribution < 1.29 is 50.1 Å². The van der Waals surface area contributed by atoms with E-state index in [2.05, 4.69) is 51.1 Å². The fraction of sp³-hybridized carbons (Fsp3) is 0.250. The average Bonchev–Trinajstić information content (AvgIpc) is 2.69. The molecular formula is C20H17Br2F6N3O5. The fourth-order valence-electron chi connectivity index (χ4n) is 2.45. The molecule has 0 aromatic heterocycles. The molecule has 0 bridgehead atoms. The van der Waals surface area contributed by atoms with E-state index in [4.69, 9.17) is 11.5 Å². The number of esters is 1. The first-order valence-corrected chi connectivity index (χ1v) is 10.8.